The summed E-state index contributed by atoms with van der Waals surface area (Å²) in [6.45, 7) is 0.644. The van der Waals surface area contributed by atoms with Crippen LogP contribution in [0.15, 0.2) is 28.7 Å². The number of hydrogen-bond donors (Lipinski definition) is 1. The Balaban J connectivity index is 1.63. The van der Waals surface area contributed by atoms with Crippen LogP contribution in [0.4, 0.5) is 0 Å². The van der Waals surface area contributed by atoms with E-state index in [1.807, 2.05) is 12.1 Å². The second-order valence-electron chi connectivity index (χ2n) is 6.51. The summed E-state index contributed by atoms with van der Waals surface area (Å²) >= 11 is 3.44. The fourth-order valence-corrected chi connectivity index (χ4v) is 3.53. The van der Waals surface area contributed by atoms with Gasteiger partial charge in [-0.05, 0) is 43.4 Å². The van der Waals surface area contributed by atoms with E-state index in [0.717, 1.165) is 17.3 Å². The Morgan fingerprint density at radius 1 is 1.26 bits per heavy atom. The highest BCUT2D eigenvalue weighted by atomic mass is 79.9. The summed E-state index contributed by atoms with van der Waals surface area (Å²) in [6, 6.07) is 8.24. The molecule has 0 radical (unpaired) electrons. The van der Waals surface area contributed by atoms with Crippen molar-refractivity contribution in [1.82, 2.24) is 4.90 Å². The molecule has 1 aromatic carbocycles. The molecular formula is C17H20BrNO4. The van der Waals surface area contributed by atoms with Gasteiger partial charge in [-0.1, -0.05) is 28.1 Å². The van der Waals surface area contributed by atoms with Crippen LogP contribution in [0.2, 0.25) is 0 Å². The zero-order chi connectivity index (χ0) is 16.6. The van der Waals surface area contributed by atoms with E-state index in [0.29, 0.717) is 19.4 Å². The number of nitrogens with zero attached hydrogens (tertiary/aromatic N) is 1. The second-order valence-corrected chi connectivity index (χ2v) is 7.43. The molecule has 1 aromatic rings. The summed E-state index contributed by atoms with van der Waals surface area (Å²) < 4.78 is 6.41. The smallest absolute Gasteiger partial charge is 0.332 e. The Labute approximate surface area is 143 Å². The lowest BCUT2D eigenvalue weighted by Crippen LogP contribution is -2.41. The first-order valence-corrected chi connectivity index (χ1v) is 8.60. The lowest BCUT2D eigenvalue weighted by atomic mass is 9.95. The summed E-state index contributed by atoms with van der Waals surface area (Å²) in [7, 11) is 1.78. The van der Waals surface area contributed by atoms with Gasteiger partial charge in [-0.25, -0.2) is 4.79 Å². The van der Waals surface area contributed by atoms with Crippen molar-refractivity contribution in [2.45, 2.75) is 43.3 Å². The minimum atomic E-state index is -0.989. The number of carbonyl (C=O) groups is 2. The van der Waals surface area contributed by atoms with Crippen LogP contribution >= 0.6 is 15.9 Å². The van der Waals surface area contributed by atoms with E-state index in [-0.39, 0.29) is 11.3 Å². The average molecular weight is 382 g/mol. The van der Waals surface area contributed by atoms with Gasteiger partial charge in [-0.3, -0.25) is 4.79 Å². The van der Waals surface area contributed by atoms with E-state index in [1.54, 1.807) is 11.9 Å². The Bertz CT molecular complexity index is 612. The monoisotopic (exact) mass is 381 g/mol. The van der Waals surface area contributed by atoms with E-state index < -0.39 is 18.2 Å². The van der Waals surface area contributed by atoms with Crippen molar-refractivity contribution in [3.8, 4) is 0 Å². The first kappa shape index (κ1) is 16.5. The predicted octanol–water partition coefficient (Wildman–Crippen LogP) is 2.57. The Morgan fingerprint density at radius 2 is 1.87 bits per heavy atom. The Hall–Kier alpha value is -1.40. The largest absolute Gasteiger partial charge is 0.479 e. The molecule has 2 fully saturated rings. The van der Waals surface area contributed by atoms with Crippen LogP contribution in [0, 0.1) is 0 Å². The number of rotatable bonds is 5. The molecule has 1 N–H and O–H groups in total. The van der Waals surface area contributed by atoms with E-state index in [9.17, 15) is 9.59 Å². The summed E-state index contributed by atoms with van der Waals surface area (Å²) in [5.41, 5.74) is 1.28. The lowest BCUT2D eigenvalue weighted by molar-refractivity contribution is -0.154. The molecule has 124 valence electrons. The minimum Gasteiger partial charge on any atom is -0.479 e. The van der Waals surface area contributed by atoms with Crippen LogP contribution in [0.25, 0.3) is 0 Å². The molecule has 0 aromatic heterocycles. The maximum Gasteiger partial charge on any atom is 0.332 e. The summed E-state index contributed by atoms with van der Waals surface area (Å²) in [5, 5.41) is 8.97. The summed E-state index contributed by atoms with van der Waals surface area (Å²) in [6.07, 6.45) is 1.54. The molecule has 5 nitrogen and oxygen atoms in total. The molecule has 0 unspecified atom stereocenters. The second kappa shape index (κ2) is 6.24. The molecule has 23 heavy (non-hydrogen) atoms. The highest BCUT2D eigenvalue weighted by Gasteiger charge is 2.46. The standard InChI is InChI=1S/C17H20BrNO4/c1-19(15(20)13-6-7-14(23-13)16(21)22)10-17(8-9-17)11-2-4-12(18)5-3-11/h2-5,13-14H,6-10H2,1H3,(H,21,22)/t13-,14+/m0/s1. The minimum absolute atomic E-state index is 0.0376. The number of halogens is 1. The molecule has 1 heterocycles. The number of aliphatic carboxylic acids is 1. The van der Waals surface area contributed by atoms with Crippen molar-refractivity contribution in [1.29, 1.82) is 0 Å². The number of carbonyl (C=O) groups excluding carboxylic acids is 1. The van der Waals surface area contributed by atoms with Gasteiger partial charge in [-0.2, -0.15) is 0 Å². The molecule has 2 aliphatic rings. The average Bonchev–Trinajstić information content (AvgIpc) is 3.12. The van der Waals surface area contributed by atoms with Crippen molar-refractivity contribution in [3.63, 3.8) is 0 Å². The highest BCUT2D eigenvalue weighted by molar-refractivity contribution is 9.10. The third kappa shape index (κ3) is 3.43. The first-order chi connectivity index (χ1) is 10.9. The molecule has 1 saturated carbocycles. The van der Waals surface area contributed by atoms with Crippen LogP contribution in [0.1, 0.15) is 31.2 Å². The van der Waals surface area contributed by atoms with Gasteiger partial charge in [0.1, 0.15) is 6.10 Å². The van der Waals surface area contributed by atoms with Gasteiger partial charge in [0.2, 0.25) is 0 Å². The normalized spacial score (nSPS) is 25.1. The van der Waals surface area contributed by atoms with Crippen molar-refractivity contribution in [2.24, 2.45) is 0 Å². The van der Waals surface area contributed by atoms with E-state index >= 15 is 0 Å². The SMILES string of the molecule is CN(CC1(c2ccc(Br)cc2)CC1)C(=O)[C@@H]1CC[C@H](C(=O)O)O1. The third-order valence-electron chi connectivity index (χ3n) is 4.80. The zero-order valence-corrected chi connectivity index (χ0v) is 14.6. The zero-order valence-electron chi connectivity index (χ0n) is 13.0. The first-order valence-electron chi connectivity index (χ1n) is 7.81. The Morgan fingerprint density at radius 3 is 2.39 bits per heavy atom. The maximum absolute atomic E-state index is 12.5. The van der Waals surface area contributed by atoms with Gasteiger partial charge in [0.25, 0.3) is 5.91 Å². The summed E-state index contributed by atoms with van der Waals surface area (Å²) in [4.78, 5) is 25.1. The lowest BCUT2D eigenvalue weighted by Gasteiger charge is -2.26. The molecule has 1 aliphatic carbocycles. The number of amides is 1. The number of benzene rings is 1. The number of hydrogen-bond acceptors (Lipinski definition) is 3. The molecule has 0 spiro atoms. The molecule has 6 heteroatoms. The van der Waals surface area contributed by atoms with Crippen molar-refractivity contribution < 1.29 is 19.4 Å². The van der Waals surface area contributed by atoms with Crippen LogP contribution in [0.5, 0.6) is 0 Å². The number of carboxylic acids is 1. The quantitative estimate of drug-likeness (QED) is 0.850. The maximum atomic E-state index is 12.5. The predicted molar refractivity (Wildman–Crippen MR) is 88.2 cm³/mol. The van der Waals surface area contributed by atoms with Crippen LogP contribution in [-0.2, 0) is 19.7 Å². The van der Waals surface area contributed by atoms with Gasteiger partial charge >= 0.3 is 5.97 Å². The van der Waals surface area contributed by atoms with Gasteiger partial charge in [0, 0.05) is 23.5 Å². The molecule has 0 bridgehead atoms. The van der Waals surface area contributed by atoms with E-state index in [2.05, 4.69) is 28.1 Å². The molecule has 1 saturated heterocycles. The van der Waals surface area contributed by atoms with Gasteiger partial charge < -0.3 is 14.7 Å². The van der Waals surface area contributed by atoms with Gasteiger partial charge in [-0.15, -0.1) is 0 Å². The van der Waals surface area contributed by atoms with E-state index in [4.69, 9.17) is 9.84 Å². The number of likely N-dealkylation sites (N-methyl/N-ethyl adjacent to an activating group) is 1. The summed E-state index contributed by atoms with van der Waals surface area (Å²) in [5.74, 6) is -1.10. The molecule has 2 atom stereocenters. The third-order valence-corrected chi connectivity index (χ3v) is 5.33. The highest BCUT2D eigenvalue weighted by Crippen LogP contribution is 2.48. The van der Waals surface area contributed by atoms with Crippen molar-refractivity contribution >= 4 is 27.8 Å². The molecule has 1 amide bonds. The topological polar surface area (TPSA) is 66.8 Å². The molecular weight excluding hydrogens is 362 g/mol. The fourth-order valence-electron chi connectivity index (χ4n) is 3.27. The van der Waals surface area contributed by atoms with Gasteiger partial charge in [0.15, 0.2) is 6.10 Å². The van der Waals surface area contributed by atoms with Crippen LogP contribution in [-0.4, -0.2) is 47.7 Å². The Kier molecular flexibility index (Phi) is 4.47. The van der Waals surface area contributed by atoms with Crippen LogP contribution < -0.4 is 0 Å². The fraction of sp³-hybridized carbons (Fsp3) is 0.529. The van der Waals surface area contributed by atoms with Gasteiger partial charge in [0.05, 0.1) is 0 Å². The number of ether oxygens (including phenoxy) is 1. The van der Waals surface area contributed by atoms with E-state index in [1.165, 1.54) is 5.56 Å². The number of carboxylic acid groups (broad SMARTS) is 1. The van der Waals surface area contributed by atoms with Crippen molar-refractivity contribution in [2.75, 3.05) is 13.6 Å². The van der Waals surface area contributed by atoms with Crippen LogP contribution in [0.3, 0.4) is 0 Å². The van der Waals surface area contributed by atoms with Crippen molar-refractivity contribution in [3.05, 3.63) is 34.3 Å². The molecule has 3 rings (SSSR count). The molecule has 1 aliphatic heterocycles.